The second-order valence-electron chi connectivity index (χ2n) is 10.4. The largest absolute Gasteiger partial charge is 0.490 e. The topological polar surface area (TPSA) is 59.0 Å². The Morgan fingerprint density at radius 1 is 1.34 bits per heavy atom. The number of ether oxygens (including phenoxy) is 2. The smallest absolute Gasteiger partial charge is 0.337 e. The number of rotatable bonds is 6. The first-order chi connectivity index (χ1) is 16.9. The molecule has 5 nitrogen and oxygen atoms in total. The lowest BCUT2D eigenvalue weighted by Gasteiger charge is -2.45. The summed E-state index contributed by atoms with van der Waals surface area (Å²) in [6, 6.07) is 11.8. The Morgan fingerprint density at radius 2 is 2.20 bits per heavy atom. The normalized spacial score (nSPS) is 26.0. The molecule has 1 fully saturated rings. The van der Waals surface area contributed by atoms with E-state index in [0.29, 0.717) is 24.5 Å². The zero-order chi connectivity index (χ0) is 24.6. The van der Waals surface area contributed by atoms with Gasteiger partial charge in [0.15, 0.2) is 0 Å². The number of carbonyl (C=O) groups excluding carboxylic acids is 1. The van der Waals surface area contributed by atoms with Crippen LogP contribution in [-0.4, -0.2) is 44.0 Å². The van der Waals surface area contributed by atoms with Crippen molar-refractivity contribution in [2.75, 3.05) is 31.7 Å². The third-order valence-corrected chi connectivity index (χ3v) is 8.53. The van der Waals surface area contributed by atoms with Gasteiger partial charge in [0.2, 0.25) is 0 Å². The molecule has 1 spiro atoms. The molecule has 0 bridgehead atoms. The first kappa shape index (κ1) is 24.2. The van der Waals surface area contributed by atoms with Gasteiger partial charge in [0, 0.05) is 23.5 Å². The van der Waals surface area contributed by atoms with Crippen molar-refractivity contribution in [3.8, 4) is 5.75 Å². The molecule has 4 atom stereocenters. The molecule has 1 heterocycles. The van der Waals surface area contributed by atoms with Crippen LogP contribution in [0, 0.1) is 11.8 Å². The van der Waals surface area contributed by atoms with E-state index in [1.54, 1.807) is 12.1 Å². The molecule has 0 aromatic heterocycles. The molecule has 1 aliphatic heterocycles. The number of aliphatic hydroxyl groups excluding tert-OH is 1. The van der Waals surface area contributed by atoms with Gasteiger partial charge in [0.25, 0.3) is 0 Å². The monoisotopic (exact) mass is 495 g/mol. The van der Waals surface area contributed by atoms with Gasteiger partial charge in [-0.15, -0.1) is 6.58 Å². The molecule has 6 heteroatoms. The predicted molar refractivity (Wildman–Crippen MR) is 139 cm³/mol. The minimum Gasteiger partial charge on any atom is -0.490 e. The van der Waals surface area contributed by atoms with Crippen molar-refractivity contribution in [1.82, 2.24) is 0 Å². The highest BCUT2D eigenvalue weighted by molar-refractivity contribution is 6.30. The third-order valence-electron chi connectivity index (χ3n) is 8.29. The minimum absolute atomic E-state index is 0.165. The number of aliphatic hydroxyl groups is 1. The molecule has 0 radical (unpaired) electrons. The molecule has 2 aliphatic carbocycles. The van der Waals surface area contributed by atoms with Gasteiger partial charge in [-0.1, -0.05) is 23.7 Å². The Bertz CT molecular complexity index is 1120. The first-order valence-corrected chi connectivity index (χ1v) is 13.0. The van der Waals surface area contributed by atoms with E-state index in [-0.39, 0.29) is 23.4 Å². The van der Waals surface area contributed by atoms with Crippen LogP contribution in [0.2, 0.25) is 5.02 Å². The van der Waals surface area contributed by atoms with Crippen LogP contribution in [-0.2, 0) is 16.6 Å². The molecule has 5 rings (SSSR count). The summed E-state index contributed by atoms with van der Waals surface area (Å²) in [5.74, 6) is 1.08. The second kappa shape index (κ2) is 9.87. The number of anilines is 1. The second-order valence-corrected chi connectivity index (χ2v) is 10.8. The number of halogens is 1. The van der Waals surface area contributed by atoms with Crippen LogP contribution < -0.4 is 9.64 Å². The molecule has 2 aromatic rings. The lowest BCUT2D eigenvalue weighted by Crippen LogP contribution is -2.49. The zero-order valence-corrected chi connectivity index (χ0v) is 21.1. The number of benzene rings is 2. The highest BCUT2D eigenvalue weighted by atomic mass is 35.5. The summed E-state index contributed by atoms with van der Waals surface area (Å²) >= 11 is 6.35. The predicted octanol–water partition coefficient (Wildman–Crippen LogP) is 5.56. The van der Waals surface area contributed by atoms with Crippen molar-refractivity contribution < 1.29 is 19.4 Å². The lowest BCUT2D eigenvalue weighted by molar-refractivity contribution is 0.0178. The van der Waals surface area contributed by atoms with Crippen molar-refractivity contribution in [3.63, 3.8) is 0 Å². The van der Waals surface area contributed by atoms with E-state index < -0.39 is 0 Å². The fourth-order valence-corrected chi connectivity index (χ4v) is 6.51. The molecule has 0 saturated heterocycles. The van der Waals surface area contributed by atoms with Crippen LogP contribution in [0.15, 0.2) is 49.1 Å². The summed E-state index contributed by atoms with van der Waals surface area (Å²) < 4.78 is 11.5. The van der Waals surface area contributed by atoms with Crippen LogP contribution in [0.25, 0.3) is 0 Å². The summed E-state index contributed by atoms with van der Waals surface area (Å²) in [6.45, 7) is 5.98. The standard InChI is InChI=1S/C29H34ClNO4/c1-3-5-26(32)23-10-7-21(23)16-31-17-29(13-4-6-19-14-22(30)9-11-24(19)29)18-35-27-12-8-20(15-25(27)31)28(33)34-2/h3,8-9,11-12,14-15,21,23,26,32H,1,4-7,10,13,16-18H2,2H3. The SMILES string of the molecule is C=CCC(O)C1CCC1CN1CC2(CCCc3cc(Cl)ccc32)COc2ccc(C(=O)OC)cc21. The van der Waals surface area contributed by atoms with Crippen LogP contribution in [0.4, 0.5) is 5.69 Å². The molecule has 0 amide bonds. The van der Waals surface area contributed by atoms with Crippen LogP contribution >= 0.6 is 11.6 Å². The third kappa shape index (κ3) is 4.56. The van der Waals surface area contributed by atoms with E-state index in [9.17, 15) is 9.90 Å². The van der Waals surface area contributed by atoms with E-state index in [1.807, 2.05) is 18.2 Å². The fourth-order valence-electron chi connectivity index (χ4n) is 6.32. The molecule has 186 valence electrons. The molecule has 2 aromatic carbocycles. The van der Waals surface area contributed by atoms with Crippen molar-refractivity contribution in [3.05, 3.63) is 70.8 Å². The van der Waals surface area contributed by atoms with Crippen molar-refractivity contribution >= 4 is 23.3 Å². The van der Waals surface area contributed by atoms with Gasteiger partial charge in [0.1, 0.15) is 5.75 Å². The summed E-state index contributed by atoms with van der Waals surface area (Å²) in [5.41, 5.74) is 3.90. The van der Waals surface area contributed by atoms with Crippen molar-refractivity contribution in [1.29, 1.82) is 0 Å². The van der Waals surface area contributed by atoms with Crippen molar-refractivity contribution in [2.45, 2.75) is 50.0 Å². The zero-order valence-electron chi connectivity index (χ0n) is 20.3. The van der Waals surface area contributed by atoms with Gasteiger partial charge in [-0.25, -0.2) is 4.79 Å². The number of aryl methyl sites for hydroxylation is 1. The average molecular weight is 496 g/mol. The maximum Gasteiger partial charge on any atom is 0.337 e. The summed E-state index contributed by atoms with van der Waals surface area (Å²) in [7, 11) is 1.40. The number of carbonyl (C=O) groups is 1. The van der Waals surface area contributed by atoms with Gasteiger partial charge in [-0.3, -0.25) is 0 Å². The van der Waals surface area contributed by atoms with E-state index in [2.05, 4.69) is 23.6 Å². The van der Waals surface area contributed by atoms with Crippen molar-refractivity contribution in [2.24, 2.45) is 11.8 Å². The number of methoxy groups -OCH3 is 1. The maximum atomic E-state index is 12.3. The fraction of sp³-hybridized carbons (Fsp3) is 0.483. The van der Waals surface area contributed by atoms with Gasteiger partial charge in [-0.2, -0.15) is 0 Å². The van der Waals surface area contributed by atoms with Gasteiger partial charge in [-0.05, 0) is 91.8 Å². The maximum absolute atomic E-state index is 12.3. The Hall–Kier alpha value is -2.50. The summed E-state index contributed by atoms with van der Waals surface area (Å²) in [6.07, 6.45) is 7.31. The lowest BCUT2D eigenvalue weighted by atomic mass is 9.68. The summed E-state index contributed by atoms with van der Waals surface area (Å²) in [4.78, 5) is 14.7. The molecule has 3 aliphatic rings. The van der Waals surface area contributed by atoms with Gasteiger partial charge < -0.3 is 19.5 Å². The Labute approximate surface area is 212 Å². The molecule has 4 unspecified atom stereocenters. The number of hydrogen-bond donors (Lipinski definition) is 1. The molecule has 35 heavy (non-hydrogen) atoms. The molecule has 1 saturated carbocycles. The molecular formula is C29H34ClNO4. The highest BCUT2D eigenvalue weighted by Crippen LogP contribution is 2.46. The van der Waals surface area contributed by atoms with Crippen LogP contribution in [0.1, 0.15) is 53.6 Å². The number of nitrogens with zero attached hydrogens (tertiary/aromatic N) is 1. The molecule has 1 N–H and O–H groups in total. The Balaban J connectivity index is 1.53. The molecular weight excluding hydrogens is 462 g/mol. The number of hydrogen-bond acceptors (Lipinski definition) is 5. The van der Waals surface area contributed by atoms with Gasteiger partial charge >= 0.3 is 5.97 Å². The first-order valence-electron chi connectivity index (χ1n) is 12.6. The van der Waals surface area contributed by atoms with Gasteiger partial charge in [0.05, 0.1) is 31.1 Å². The Kier molecular flexibility index (Phi) is 6.82. The van der Waals surface area contributed by atoms with E-state index in [1.165, 1.54) is 18.2 Å². The minimum atomic E-state index is -0.359. The number of esters is 1. The van der Waals surface area contributed by atoms with E-state index in [4.69, 9.17) is 21.1 Å². The highest BCUT2D eigenvalue weighted by Gasteiger charge is 2.44. The Morgan fingerprint density at radius 3 is 2.94 bits per heavy atom. The van der Waals surface area contributed by atoms with E-state index in [0.717, 1.165) is 61.7 Å². The number of fused-ring (bicyclic) bond motifs is 3. The van der Waals surface area contributed by atoms with Crippen LogP contribution in [0.5, 0.6) is 5.75 Å². The van der Waals surface area contributed by atoms with Crippen LogP contribution in [0.3, 0.4) is 0 Å². The average Bonchev–Trinajstić information content (AvgIpc) is 2.98. The van der Waals surface area contributed by atoms with E-state index >= 15 is 0 Å². The quantitative estimate of drug-likeness (QED) is 0.420. The summed E-state index contributed by atoms with van der Waals surface area (Å²) in [5, 5.41) is 11.4.